The molecule has 2 aliphatic rings. The van der Waals surface area contributed by atoms with Crippen molar-refractivity contribution < 1.29 is 19.4 Å². The molecule has 0 spiro atoms. The molecule has 2 fully saturated rings. The summed E-state index contributed by atoms with van der Waals surface area (Å²) in [6.45, 7) is 3.95. The number of esters is 1. The van der Waals surface area contributed by atoms with Gasteiger partial charge in [-0.25, -0.2) is 0 Å². The van der Waals surface area contributed by atoms with Crippen molar-refractivity contribution in [2.45, 2.75) is 64.4 Å². The summed E-state index contributed by atoms with van der Waals surface area (Å²) in [4.78, 5) is 12.1. The van der Waals surface area contributed by atoms with Crippen molar-refractivity contribution in [3.63, 3.8) is 0 Å². The Morgan fingerprint density at radius 1 is 0.829 bits per heavy atom. The van der Waals surface area contributed by atoms with Crippen LogP contribution in [0.3, 0.4) is 0 Å². The van der Waals surface area contributed by atoms with Gasteiger partial charge < -0.3 is 19.9 Å². The van der Waals surface area contributed by atoms with Crippen LogP contribution >= 0.6 is 0 Å². The van der Waals surface area contributed by atoms with E-state index in [-0.39, 0.29) is 18.5 Å². The SMILES string of the molecule is CCC(=C(c1ccc(OCC(O)CNCC2CCCCC2)cc1)c1ccc(OC(=O)C2CC2)cc1)c1ccccc1. The highest BCUT2D eigenvalue weighted by molar-refractivity contribution is 5.98. The van der Waals surface area contributed by atoms with Gasteiger partial charge in [0.15, 0.2) is 0 Å². The van der Waals surface area contributed by atoms with E-state index in [1.165, 1.54) is 43.2 Å². The minimum atomic E-state index is -0.550. The number of rotatable bonds is 13. The highest BCUT2D eigenvalue weighted by atomic mass is 16.5. The van der Waals surface area contributed by atoms with Gasteiger partial charge in [0.25, 0.3) is 0 Å². The first kappa shape index (κ1) is 29.1. The molecule has 0 amide bonds. The van der Waals surface area contributed by atoms with Crippen LogP contribution in [0, 0.1) is 11.8 Å². The van der Waals surface area contributed by atoms with Crippen LogP contribution in [0.5, 0.6) is 11.5 Å². The molecule has 3 aromatic carbocycles. The van der Waals surface area contributed by atoms with Crippen molar-refractivity contribution >= 4 is 17.1 Å². The quantitative estimate of drug-likeness (QED) is 0.132. The molecule has 1 atom stereocenters. The summed E-state index contributed by atoms with van der Waals surface area (Å²) in [6.07, 6.45) is 8.77. The number of hydrogen-bond donors (Lipinski definition) is 2. The predicted octanol–water partition coefficient (Wildman–Crippen LogP) is 7.28. The summed E-state index contributed by atoms with van der Waals surface area (Å²) in [5.74, 6) is 1.99. The fourth-order valence-corrected chi connectivity index (χ4v) is 5.70. The monoisotopic (exact) mass is 553 g/mol. The van der Waals surface area contributed by atoms with Gasteiger partial charge in [0.05, 0.1) is 5.92 Å². The van der Waals surface area contributed by atoms with Crippen LogP contribution in [0.2, 0.25) is 0 Å². The highest BCUT2D eigenvalue weighted by Crippen LogP contribution is 2.36. The summed E-state index contributed by atoms with van der Waals surface area (Å²) in [5.41, 5.74) is 5.69. The van der Waals surface area contributed by atoms with E-state index in [1.807, 2.05) is 42.5 Å². The van der Waals surface area contributed by atoms with E-state index in [2.05, 4.69) is 48.6 Å². The van der Waals surface area contributed by atoms with Gasteiger partial charge in [-0.1, -0.05) is 80.8 Å². The summed E-state index contributed by atoms with van der Waals surface area (Å²) in [7, 11) is 0. The fraction of sp³-hybridized carbons (Fsp3) is 0.417. The minimum absolute atomic E-state index is 0.0644. The zero-order chi connectivity index (χ0) is 28.4. The Kier molecular flexibility index (Phi) is 10.3. The number of carbonyl (C=O) groups excluding carboxylic acids is 1. The Bertz CT molecular complexity index is 1270. The molecule has 41 heavy (non-hydrogen) atoms. The molecule has 2 saturated carbocycles. The van der Waals surface area contributed by atoms with Gasteiger partial charge in [0.1, 0.15) is 24.2 Å². The number of ether oxygens (including phenoxy) is 2. The third-order valence-electron chi connectivity index (χ3n) is 8.17. The number of nitrogens with one attached hydrogen (secondary N) is 1. The van der Waals surface area contributed by atoms with E-state index < -0.39 is 6.10 Å². The minimum Gasteiger partial charge on any atom is -0.491 e. The number of allylic oxidation sites excluding steroid dienone is 1. The van der Waals surface area contributed by atoms with Crippen LogP contribution in [-0.4, -0.2) is 36.9 Å². The van der Waals surface area contributed by atoms with Gasteiger partial charge in [0, 0.05) is 6.54 Å². The molecule has 0 radical (unpaired) electrons. The normalized spacial score (nSPS) is 17.0. The van der Waals surface area contributed by atoms with E-state index in [0.29, 0.717) is 12.3 Å². The lowest BCUT2D eigenvalue weighted by Crippen LogP contribution is -2.34. The largest absolute Gasteiger partial charge is 0.491 e. The van der Waals surface area contributed by atoms with Gasteiger partial charge >= 0.3 is 5.97 Å². The van der Waals surface area contributed by atoms with Crippen molar-refractivity contribution in [2.75, 3.05) is 19.7 Å². The maximum Gasteiger partial charge on any atom is 0.314 e. The van der Waals surface area contributed by atoms with Crippen LogP contribution < -0.4 is 14.8 Å². The van der Waals surface area contributed by atoms with E-state index in [0.717, 1.165) is 54.2 Å². The van der Waals surface area contributed by atoms with E-state index in [4.69, 9.17) is 9.47 Å². The molecular weight excluding hydrogens is 510 g/mol. The molecule has 0 heterocycles. The first-order valence-corrected chi connectivity index (χ1v) is 15.3. The van der Waals surface area contributed by atoms with E-state index >= 15 is 0 Å². The molecule has 5 heteroatoms. The summed E-state index contributed by atoms with van der Waals surface area (Å²) >= 11 is 0. The molecule has 2 N–H and O–H groups in total. The zero-order valence-electron chi connectivity index (χ0n) is 24.2. The summed E-state index contributed by atoms with van der Waals surface area (Å²) < 4.78 is 11.5. The van der Waals surface area contributed by atoms with Crippen molar-refractivity contribution in [1.82, 2.24) is 5.32 Å². The molecule has 3 aromatic rings. The molecule has 0 saturated heterocycles. The lowest BCUT2D eigenvalue weighted by molar-refractivity contribution is -0.135. The number of aliphatic hydroxyl groups excluding tert-OH is 1. The van der Waals surface area contributed by atoms with Crippen molar-refractivity contribution in [3.8, 4) is 11.5 Å². The maximum atomic E-state index is 12.1. The number of aliphatic hydroxyl groups is 1. The van der Waals surface area contributed by atoms with Gasteiger partial charge in [-0.3, -0.25) is 4.79 Å². The molecule has 5 rings (SSSR count). The molecule has 1 unspecified atom stereocenters. The Morgan fingerprint density at radius 2 is 1.46 bits per heavy atom. The summed E-state index contributed by atoms with van der Waals surface area (Å²) in [5, 5.41) is 13.9. The van der Waals surface area contributed by atoms with Crippen LogP contribution in [0.4, 0.5) is 0 Å². The Morgan fingerprint density at radius 3 is 2.07 bits per heavy atom. The topological polar surface area (TPSA) is 67.8 Å². The van der Waals surface area contributed by atoms with Gasteiger partial charge in [0.2, 0.25) is 0 Å². The molecule has 2 aliphatic carbocycles. The zero-order valence-corrected chi connectivity index (χ0v) is 24.2. The fourth-order valence-electron chi connectivity index (χ4n) is 5.70. The molecular formula is C36H43NO4. The van der Waals surface area contributed by atoms with Gasteiger partial charge in [-0.2, -0.15) is 0 Å². The molecule has 0 aromatic heterocycles. The lowest BCUT2D eigenvalue weighted by Gasteiger charge is -2.22. The Balaban J connectivity index is 1.28. The average molecular weight is 554 g/mol. The second-order valence-corrected chi connectivity index (χ2v) is 11.4. The van der Waals surface area contributed by atoms with Crippen molar-refractivity contribution in [2.24, 2.45) is 11.8 Å². The van der Waals surface area contributed by atoms with Crippen LogP contribution in [0.1, 0.15) is 75.0 Å². The molecule has 5 nitrogen and oxygen atoms in total. The van der Waals surface area contributed by atoms with Gasteiger partial charge in [-0.05, 0) is 96.7 Å². The van der Waals surface area contributed by atoms with E-state index in [9.17, 15) is 9.90 Å². The first-order valence-electron chi connectivity index (χ1n) is 15.3. The third-order valence-corrected chi connectivity index (χ3v) is 8.17. The first-order chi connectivity index (χ1) is 20.1. The average Bonchev–Trinajstić information content (AvgIpc) is 3.87. The molecule has 216 valence electrons. The lowest BCUT2D eigenvalue weighted by atomic mass is 9.88. The standard InChI is InChI=1S/C36H43NO4/c1-2-34(27-11-7-4-8-12-27)35(29-17-21-33(22-18-29)41-36(39)30-13-14-30)28-15-19-32(20-16-28)40-25-31(38)24-37-23-26-9-5-3-6-10-26/h4,7-8,11-12,15-22,26,30-31,37-38H,2-3,5-6,9-10,13-14,23-25H2,1H3. The third kappa shape index (κ3) is 8.31. The number of carbonyl (C=O) groups is 1. The van der Waals surface area contributed by atoms with Gasteiger partial charge in [-0.15, -0.1) is 0 Å². The predicted molar refractivity (Wildman–Crippen MR) is 165 cm³/mol. The second-order valence-electron chi connectivity index (χ2n) is 11.4. The number of benzene rings is 3. The molecule has 0 bridgehead atoms. The molecule has 0 aliphatic heterocycles. The van der Waals surface area contributed by atoms with Crippen LogP contribution in [0.25, 0.3) is 11.1 Å². The summed E-state index contributed by atoms with van der Waals surface area (Å²) in [6, 6.07) is 26.4. The van der Waals surface area contributed by atoms with Crippen molar-refractivity contribution in [1.29, 1.82) is 0 Å². The maximum absolute atomic E-state index is 12.1. The second kappa shape index (κ2) is 14.5. The number of hydrogen-bond acceptors (Lipinski definition) is 5. The van der Waals surface area contributed by atoms with Crippen LogP contribution in [0.15, 0.2) is 78.9 Å². The Hall–Kier alpha value is -3.41. The smallest absolute Gasteiger partial charge is 0.314 e. The highest BCUT2D eigenvalue weighted by Gasteiger charge is 2.31. The van der Waals surface area contributed by atoms with E-state index in [1.54, 1.807) is 0 Å². The van der Waals surface area contributed by atoms with Crippen molar-refractivity contribution in [3.05, 3.63) is 95.6 Å². The van der Waals surface area contributed by atoms with Crippen LogP contribution in [-0.2, 0) is 4.79 Å². The Labute approximate surface area is 244 Å².